The van der Waals surface area contributed by atoms with E-state index in [-0.39, 0.29) is 17.7 Å². The van der Waals surface area contributed by atoms with E-state index in [4.69, 9.17) is 0 Å². The van der Waals surface area contributed by atoms with Crippen LogP contribution >= 0.6 is 0 Å². The lowest BCUT2D eigenvalue weighted by atomic mass is 10.1. The van der Waals surface area contributed by atoms with E-state index >= 15 is 0 Å². The molecule has 2 aromatic rings. The highest BCUT2D eigenvalue weighted by Crippen LogP contribution is 2.14. The van der Waals surface area contributed by atoms with Crippen LogP contribution in [0.15, 0.2) is 48.5 Å². The number of amides is 3. The van der Waals surface area contributed by atoms with Gasteiger partial charge in [0.25, 0.3) is 5.91 Å². The molecule has 7 nitrogen and oxygen atoms in total. The first-order chi connectivity index (χ1) is 13.7. The first-order valence-electron chi connectivity index (χ1n) is 9.40. The fourth-order valence-corrected chi connectivity index (χ4v) is 4.06. The molecule has 1 aliphatic rings. The van der Waals surface area contributed by atoms with E-state index in [1.54, 1.807) is 34.1 Å². The van der Waals surface area contributed by atoms with Crippen LogP contribution in [0.4, 0.5) is 10.5 Å². The molecule has 1 aliphatic heterocycles. The number of aryl methyl sites for hydroxylation is 1. The zero-order chi connectivity index (χ0) is 21.0. The van der Waals surface area contributed by atoms with Crippen LogP contribution in [0.1, 0.15) is 21.5 Å². The van der Waals surface area contributed by atoms with Gasteiger partial charge in [0.2, 0.25) is 0 Å². The Morgan fingerprint density at radius 3 is 2.17 bits per heavy atom. The zero-order valence-electron chi connectivity index (χ0n) is 16.6. The summed E-state index contributed by atoms with van der Waals surface area (Å²) in [4.78, 5) is 28.5. The predicted octanol–water partition coefficient (Wildman–Crippen LogP) is 2.53. The van der Waals surface area contributed by atoms with Crippen LogP contribution in [0.2, 0.25) is 0 Å². The first kappa shape index (κ1) is 20.9. The molecular formula is C21H25N3O4S. The minimum atomic E-state index is -3.11. The summed E-state index contributed by atoms with van der Waals surface area (Å²) in [5.74, 6) is -0.162. The van der Waals surface area contributed by atoms with E-state index in [0.717, 1.165) is 11.3 Å². The highest BCUT2D eigenvalue weighted by Gasteiger charge is 2.25. The van der Waals surface area contributed by atoms with Gasteiger partial charge in [-0.2, -0.15) is 0 Å². The Bertz CT molecular complexity index is 995. The Kier molecular flexibility index (Phi) is 6.22. The molecule has 1 fully saturated rings. The molecule has 2 aromatic carbocycles. The quantitative estimate of drug-likeness (QED) is 0.831. The maximum Gasteiger partial charge on any atom is 0.321 e. The van der Waals surface area contributed by atoms with Crippen LogP contribution in [-0.2, 0) is 15.6 Å². The Morgan fingerprint density at radius 1 is 0.966 bits per heavy atom. The van der Waals surface area contributed by atoms with Gasteiger partial charge in [0.15, 0.2) is 9.84 Å². The maximum absolute atomic E-state index is 12.7. The lowest BCUT2D eigenvalue weighted by Gasteiger charge is -2.34. The van der Waals surface area contributed by atoms with Crippen LogP contribution in [0.25, 0.3) is 0 Å². The molecule has 29 heavy (non-hydrogen) atoms. The van der Waals surface area contributed by atoms with Gasteiger partial charge in [-0.15, -0.1) is 0 Å². The SMILES string of the molecule is Cc1cccc(NC(=O)N2CCN(C(=O)c3ccc(CS(C)(=O)=O)cc3)CC2)c1. The smallest absolute Gasteiger partial charge is 0.321 e. The second-order valence-electron chi connectivity index (χ2n) is 7.35. The largest absolute Gasteiger partial charge is 0.335 e. The normalized spacial score (nSPS) is 14.6. The first-order valence-corrected chi connectivity index (χ1v) is 11.5. The van der Waals surface area contributed by atoms with E-state index in [1.807, 2.05) is 31.2 Å². The van der Waals surface area contributed by atoms with Gasteiger partial charge in [-0.05, 0) is 42.3 Å². The highest BCUT2D eigenvalue weighted by atomic mass is 32.2. The van der Waals surface area contributed by atoms with E-state index in [2.05, 4.69) is 5.32 Å². The number of sulfone groups is 1. The van der Waals surface area contributed by atoms with Gasteiger partial charge in [-0.1, -0.05) is 24.3 Å². The van der Waals surface area contributed by atoms with Gasteiger partial charge in [0.05, 0.1) is 5.75 Å². The number of nitrogens with zero attached hydrogens (tertiary/aromatic N) is 2. The number of hydrogen-bond acceptors (Lipinski definition) is 4. The number of benzene rings is 2. The van der Waals surface area contributed by atoms with Crippen molar-refractivity contribution in [1.29, 1.82) is 0 Å². The van der Waals surface area contributed by atoms with Gasteiger partial charge in [0.1, 0.15) is 0 Å². The van der Waals surface area contributed by atoms with Crippen LogP contribution in [-0.4, -0.2) is 62.6 Å². The van der Waals surface area contributed by atoms with Crippen molar-refractivity contribution in [3.63, 3.8) is 0 Å². The molecule has 1 saturated heterocycles. The minimum absolute atomic E-state index is 0.0454. The summed E-state index contributed by atoms with van der Waals surface area (Å²) in [6.45, 7) is 3.77. The average molecular weight is 416 g/mol. The van der Waals surface area contributed by atoms with Gasteiger partial charge in [-0.3, -0.25) is 4.79 Å². The molecule has 1 heterocycles. The third-order valence-electron chi connectivity index (χ3n) is 4.75. The van der Waals surface area contributed by atoms with Gasteiger partial charge in [0, 0.05) is 43.7 Å². The topological polar surface area (TPSA) is 86.8 Å². The zero-order valence-corrected chi connectivity index (χ0v) is 17.4. The summed E-state index contributed by atoms with van der Waals surface area (Å²) in [6.07, 6.45) is 1.18. The molecule has 1 N–H and O–H groups in total. The standard InChI is InChI=1S/C21H25N3O4S/c1-16-4-3-5-19(14-16)22-21(26)24-12-10-23(11-13-24)20(25)18-8-6-17(7-9-18)15-29(2,27)28/h3-9,14H,10-13,15H2,1-2H3,(H,22,26). The molecule has 0 aliphatic carbocycles. The third kappa shape index (κ3) is 5.80. The molecule has 0 bridgehead atoms. The second-order valence-corrected chi connectivity index (χ2v) is 9.49. The summed E-state index contributed by atoms with van der Waals surface area (Å²) in [5, 5.41) is 2.89. The molecule has 8 heteroatoms. The molecule has 3 amide bonds. The van der Waals surface area contributed by atoms with E-state index in [0.29, 0.717) is 37.3 Å². The number of hydrogen-bond donors (Lipinski definition) is 1. The van der Waals surface area contributed by atoms with Gasteiger partial charge >= 0.3 is 6.03 Å². The molecule has 0 unspecified atom stereocenters. The summed E-state index contributed by atoms with van der Waals surface area (Å²) < 4.78 is 22.7. The van der Waals surface area contributed by atoms with Crippen molar-refractivity contribution < 1.29 is 18.0 Å². The van der Waals surface area contributed by atoms with Crippen molar-refractivity contribution in [3.8, 4) is 0 Å². The molecule has 3 rings (SSSR count). The molecular weight excluding hydrogens is 390 g/mol. The van der Waals surface area contributed by atoms with Crippen LogP contribution in [0, 0.1) is 6.92 Å². The number of rotatable bonds is 4. The predicted molar refractivity (Wildman–Crippen MR) is 113 cm³/mol. The fraction of sp³-hybridized carbons (Fsp3) is 0.333. The van der Waals surface area contributed by atoms with Gasteiger partial charge < -0.3 is 15.1 Å². The maximum atomic E-state index is 12.7. The molecule has 0 spiro atoms. The molecule has 0 aromatic heterocycles. The van der Waals surface area contributed by atoms with Crippen LogP contribution in [0.5, 0.6) is 0 Å². The molecule has 154 valence electrons. The minimum Gasteiger partial charge on any atom is -0.335 e. The van der Waals surface area contributed by atoms with E-state index < -0.39 is 9.84 Å². The Balaban J connectivity index is 1.54. The fourth-order valence-electron chi connectivity index (χ4n) is 3.27. The van der Waals surface area contributed by atoms with Crippen molar-refractivity contribution in [1.82, 2.24) is 9.80 Å². The van der Waals surface area contributed by atoms with Gasteiger partial charge in [-0.25, -0.2) is 13.2 Å². The number of urea groups is 1. The highest BCUT2D eigenvalue weighted by molar-refractivity contribution is 7.89. The average Bonchev–Trinajstić information content (AvgIpc) is 2.67. The number of carbonyl (C=O) groups excluding carboxylic acids is 2. The summed E-state index contributed by atoms with van der Waals surface area (Å²) in [7, 11) is -3.11. The number of nitrogens with one attached hydrogen (secondary N) is 1. The summed E-state index contributed by atoms with van der Waals surface area (Å²) in [5.41, 5.74) is 2.99. The third-order valence-corrected chi connectivity index (χ3v) is 5.61. The Hall–Kier alpha value is -2.87. The van der Waals surface area contributed by atoms with E-state index in [1.165, 1.54) is 6.26 Å². The molecule has 0 atom stereocenters. The lowest BCUT2D eigenvalue weighted by molar-refractivity contribution is 0.0671. The number of piperazine rings is 1. The Labute approximate surface area is 171 Å². The molecule has 0 radical (unpaired) electrons. The lowest BCUT2D eigenvalue weighted by Crippen LogP contribution is -2.51. The van der Waals surface area contributed by atoms with Crippen LogP contribution < -0.4 is 5.32 Å². The monoisotopic (exact) mass is 415 g/mol. The molecule has 0 saturated carbocycles. The van der Waals surface area contributed by atoms with Crippen LogP contribution in [0.3, 0.4) is 0 Å². The Morgan fingerprint density at radius 2 is 1.59 bits per heavy atom. The second kappa shape index (κ2) is 8.65. The number of carbonyl (C=O) groups is 2. The van der Waals surface area contributed by atoms with Crippen molar-refractivity contribution in [2.24, 2.45) is 0 Å². The van der Waals surface area contributed by atoms with Crippen molar-refractivity contribution in [2.75, 3.05) is 37.8 Å². The van der Waals surface area contributed by atoms with E-state index in [9.17, 15) is 18.0 Å². The summed E-state index contributed by atoms with van der Waals surface area (Å²) in [6, 6.07) is 14.1. The number of anilines is 1. The summed E-state index contributed by atoms with van der Waals surface area (Å²) >= 11 is 0. The van der Waals surface area contributed by atoms with Crippen molar-refractivity contribution in [2.45, 2.75) is 12.7 Å². The van der Waals surface area contributed by atoms with Crippen molar-refractivity contribution in [3.05, 3.63) is 65.2 Å². The van der Waals surface area contributed by atoms with Crippen molar-refractivity contribution >= 4 is 27.5 Å².